The molecule has 0 aromatic heterocycles. The average molecular weight is 281 g/mol. The Bertz CT molecular complexity index is 265. The van der Waals surface area contributed by atoms with E-state index in [-0.39, 0.29) is 0 Å². The Hall–Kier alpha value is -0.120. The second-order valence-electron chi connectivity index (χ2n) is 7.17. The van der Waals surface area contributed by atoms with Gasteiger partial charge in [-0.1, -0.05) is 6.92 Å². The van der Waals surface area contributed by atoms with Crippen LogP contribution in [0.2, 0.25) is 0 Å². The van der Waals surface area contributed by atoms with Crippen molar-refractivity contribution in [1.29, 1.82) is 0 Å². The van der Waals surface area contributed by atoms with Crippen molar-refractivity contribution in [2.24, 2.45) is 0 Å². The summed E-state index contributed by atoms with van der Waals surface area (Å²) in [5, 5.41) is 3.75. The Balaban J connectivity index is 1.72. The molecule has 0 spiro atoms. The molecule has 0 aromatic rings. The molecule has 3 heteroatoms. The lowest BCUT2D eigenvalue weighted by Crippen LogP contribution is -2.49. The lowest BCUT2D eigenvalue weighted by atomic mass is 9.97. The highest BCUT2D eigenvalue weighted by Gasteiger charge is 2.39. The monoisotopic (exact) mass is 281 g/mol. The second-order valence-corrected chi connectivity index (χ2v) is 7.17. The average Bonchev–Trinajstić information content (AvgIpc) is 2.67. The quantitative estimate of drug-likeness (QED) is 0.738. The fraction of sp³-hybridized carbons (Fsp3) is 1.00. The van der Waals surface area contributed by atoms with Crippen LogP contribution in [0.1, 0.15) is 59.3 Å². The maximum absolute atomic E-state index is 3.75. The zero-order valence-electron chi connectivity index (χ0n) is 14.1. The van der Waals surface area contributed by atoms with Gasteiger partial charge in [0.25, 0.3) is 0 Å². The minimum Gasteiger partial charge on any atom is -0.314 e. The van der Waals surface area contributed by atoms with Crippen LogP contribution in [0.4, 0.5) is 0 Å². The van der Waals surface area contributed by atoms with Gasteiger partial charge in [-0.2, -0.15) is 0 Å². The minimum atomic E-state index is 0.677. The summed E-state index contributed by atoms with van der Waals surface area (Å²) < 4.78 is 0. The Morgan fingerprint density at radius 3 is 2.40 bits per heavy atom. The Morgan fingerprint density at radius 2 is 1.85 bits per heavy atom. The Morgan fingerprint density at radius 1 is 1.20 bits per heavy atom. The molecule has 2 saturated heterocycles. The maximum atomic E-state index is 3.75. The molecule has 20 heavy (non-hydrogen) atoms. The van der Waals surface area contributed by atoms with E-state index in [1.807, 2.05) is 0 Å². The molecule has 2 aliphatic rings. The molecular weight excluding hydrogens is 246 g/mol. The molecule has 0 radical (unpaired) electrons. The summed E-state index contributed by atoms with van der Waals surface area (Å²) in [5.41, 5.74) is 0. The van der Waals surface area contributed by atoms with E-state index in [2.05, 4.69) is 42.9 Å². The van der Waals surface area contributed by atoms with Crippen molar-refractivity contribution in [3.63, 3.8) is 0 Å². The van der Waals surface area contributed by atoms with Crippen molar-refractivity contribution >= 4 is 0 Å². The molecule has 0 saturated carbocycles. The van der Waals surface area contributed by atoms with E-state index in [9.17, 15) is 0 Å². The molecule has 0 aromatic carbocycles. The van der Waals surface area contributed by atoms with Crippen molar-refractivity contribution in [2.45, 2.75) is 83.5 Å². The van der Waals surface area contributed by atoms with Gasteiger partial charge in [0.05, 0.1) is 0 Å². The summed E-state index contributed by atoms with van der Waals surface area (Å²) in [6.07, 6.45) is 8.24. The first kappa shape index (κ1) is 16.3. The van der Waals surface area contributed by atoms with Gasteiger partial charge in [0, 0.05) is 24.2 Å². The van der Waals surface area contributed by atoms with Crippen molar-refractivity contribution in [3.05, 3.63) is 0 Å². The van der Waals surface area contributed by atoms with Gasteiger partial charge < -0.3 is 10.2 Å². The third-order valence-electron chi connectivity index (χ3n) is 5.38. The number of nitrogens with one attached hydrogen (secondary N) is 1. The molecule has 2 fully saturated rings. The van der Waals surface area contributed by atoms with Crippen molar-refractivity contribution in [3.8, 4) is 0 Å². The lowest BCUT2D eigenvalue weighted by Gasteiger charge is -2.39. The topological polar surface area (TPSA) is 18.5 Å². The van der Waals surface area contributed by atoms with E-state index < -0.39 is 0 Å². The molecule has 0 aliphatic carbocycles. The van der Waals surface area contributed by atoms with Gasteiger partial charge in [0.1, 0.15) is 0 Å². The molecule has 2 atom stereocenters. The highest BCUT2D eigenvalue weighted by molar-refractivity contribution is 4.97. The van der Waals surface area contributed by atoms with E-state index >= 15 is 0 Å². The first-order valence-corrected chi connectivity index (χ1v) is 8.81. The molecule has 118 valence electrons. The van der Waals surface area contributed by atoms with Gasteiger partial charge in [-0.25, -0.2) is 0 Å². The number of fused-ring (bicyclic) bond motifs is 2. The van der Waals surface area contributed by atoms with Crippen LogP contribution in [0, 0.1) is 0 Å². The Kier molecular flexibility index (Phi) is 6.31. The van der Waals surface area contributed by atoms with E-state index in [1.165, 1.54) is 58.2 Å². The standard InChI is InChI=1S/C17H35N3/c1-5-9-18-15-12-16-7-8-17(13-15)20(16)11-6-10-19(4)14(2)3/h14-18H,5-13H2,1-4H3. The summed E-state index contributed by atoms with van der Waals surface area (Å²) in [6.45, 7) is 10.6. The summed E-state index contributed by atoms with van der Waals surface area (Å²) in [7, 11) is 2.25. The number of hydrogen-bond donors (Lipinski definition) is 1. The Labute approximate surface area is 126 Å². The van der Waals surface area contributed by atoms with Crippen LogP contribution < -0.4 is 5.32 Å². The molecule has 2 unspecified atom stereocenters. The highest BCUT2D eigenvalue weighted by Crippen LogP contribution is 2.35. The molecule has 2 rings (SSSR count). The molecule has 1 N–H and O–H groups in total. The fourth-order valence-electron chi connectivity index (χ4n) is 3.92. The largest absolute Gasteiger partial charge is 0.314 e. The maximum Gasteiger partial charge on any atom is 0.0114 e. The van der Waals surface area contributed by atoms with Gasteiger partial charge in [0.15, 0.2) is 0 Å². The molecular formula is C17H35N3. The molecule has 0 amide bonds. The van der Waals surface area contributed by atoms with Crippen LogP contribution in [0.3, 0.4) is 0 Å². The van der Waals surface area contributed by atoms with Gasteiger partial charge in [-0.05, 0) is 79.1 Å². The van der Waals surface area contributed by atoms with Gasteiger partial charge in [-0.3, -0.25) is 4.90 Å². The van der Waals surface area contributed by atoms with Gasteiger partial charge in [-0.15, -0.1) is 0 Å². The predicted octanol–water partition coefficient (Wildman–Crippen LogP) is 2.71. The van der Waals surface area contributed by atoms with E-state index in [0.29, 0.717) is 6.04 Å². The van der Waals surface area contributed by atoms with E-state index in [0.717, 1.165) is 18.1 Å². The minimum absolute atomic E-state index is 0.677. The first-order chi connectivity index (χ1) is 9.61. The van der Waals surface area contributed by atoms with Crippen LogP contribution in [0.25, 0.3) is 0 Å². The number of nitrogens with zero attached hydrogens (tertiary/aromatic N) is 2. The smallest absolute Gasteiger partial charge is 0.0114 e. The fourth-order valence-corrected chi connectivity index (χ4v) is 3.92. The SMILES string of the molecule is CCCNC1CC2CCC(C1)N2CCCN(C)C(C)C. The summed E-state index contributed by atoms with van der Waals surface area (Å²) >= 11 is 0. The number of piperidine rings is 1. The van der Waals surface area contributed by atoms with E-state index in [4.69, 9.17) is 0 Å². The third kappa shape index (κ3) is 4.19. The lowest BCUT2D eigenvalue weighted by molar-refractivity contribution is 0.110. The molecule has 2 aliphatic heterocycles. The first-order valence-electron chi connectivity index (χ1n) is 8.81. The van der Waals surface area contributed by atoms with Crippen LogP contribution >= 0.6 is 0 Å². The zero-order chi connectivity index (χ0) is 14.5. The van der Waals surface area contributed by atoms with Gasteiger partial charge in [0.2, 0.25) is 0 Å². The highest BCUT2D eigenvalue weighted by atomic mass is 15.2. The number of rotatable bonds is 8. The second kappa shape index (κ2) is 7.77. The summed E-state index contributed by atoms with van der Waals surface area (Å²) in [5.74, 6) is 0. The molecule has 3 nitrogen and oxygen atoms in total. The van der Waals surface area contributed by atoms with Crippen LogP contribution in [-0.2, 0) is 0 Å². The van der Waals surface area contributed by atoms with Crippen molar-refractivity contribution in [1.82, 2.24) is 15.1 Å². The summed E-state index contributed by atoms with van der Waals surface area (Å²) in [4.78, 5) is 5.30. The normalized spacial score (nSPS) is 30.6. The van der Waals surface area contributed by atoms with E-state index in [1.54, 1.807) is 0 Å². The predicted molar refractivity (Wildman–Crippen MR) is 87.2 cm³/mol. The van der Waals surface area contributed by atoms with Crippen molar-refractivity contribution < 1.29 is 0 Å². The van der Waals surface area contributed by atoms with Crippen molar-refractivity contribution in [2.75, 3.05) is 26.7 Å². The number of hydrogen-bond acceptors (Lipinski definition) is 3. The molecule has 2 bridgehead atoms. The van der Waals surface area contributed by atoms with Crippen LogP contribution in [-0.4, -0.2) is 60.6 Å². The van der Waals surface area contributed by atoms with Crippen LogP contribution in [0.5, 0.6) is 0 Å². The zero-order valence-corrected chi connectivity index (χ0v) is 14.1. The van der Waals surface area contributed by atoms with Gasteiger partial charge >= 0.3 is 0 Å². The summed E-state index contributed by atoms with van der Waals surface area (Å²) in [6, 6.07) is 3.21. The van der Waals surface area contributed by atoms with Crippen LogP contribution in [0.15, 0.2) is 0 Å². The third-order valence-corrected chi connectivity index (χ3v) is 5.38. The molecule has 2 heterocycles.